The van der Waals surface area contributed by atoms with Gasteiger partial charge in [-0.15, -0.1) is 0 Å². The van der Waals surface area contributed by atoms with Crippen molar-refractivity contribution in [2.45, 2.75) is 50.3 Å². The minimum Gasteiger partial charge on any atom is -0.387 e. The average Bonchev–Trinajstić information content (AvgIpc) is 3.42. The van der Waals surface area contributed by atoms with Gasteiger partial charge in [-0.05, 0) is 19.8 Å². The predicted octanol–water partition coefficient (Wildman–Crippen LogP) is 0.101. The van der Waals surface area contributed by atoms with E-state index in [0.717, 1.165) is 12.8 Å². The van der Waals surface area contributed by atoms with Crippen molar-refractivity contribution < 1.29 is 24.2 Å². The Morgan fingerprint density at radius 3 is 2.72 bits per heavy atom. The first-order valence-corrected chi connectivity index (χ1v) is 9.45. The summed E-state index contributed by atoms with van der Waals surface area (Å²) in [4.78, 5) is 17.1. The van der Waals surface area contributed by atoms with Gasteiger partial charge < -0.3 is 29.5 Å². The fourth-order valence-corrected chi connectivity index (χ4v) is 3.70. The number of aromatic nitrogens is 6. The zero-order valence-corrected chi connectivity index (χ0v) is 15.7. The van der Waals surface area contributed by atoms with Gasteiger partial charge >= 0.3 is 0 Å². The lowest BCUT2D eigenvalue weighted by molar-refractivity contribution is -0.0451. The van der Waals surface area contributed by atoms with E-state index in [1.807, 2.05) is 0 Å². The maximum Gasteiger partial charge on any atom is 0.258 e. The molecule has 29 heavy (non-hydrogen) atoms. The van der Waals surface area contributed by atoms with E-state index in [9.17, 15) is 10.2 Å². The third-order valence-corrected chi connectivity index (χ3v) is 5.22. The largest absolute Gasteiger partial charge is 0.387 e. The van der Waals surface area contributed by atoms with Gasteiger partial charge in [-0.2, -0.15) is 4.98 Å². The molecule has 0 unspecified atom stereocenters. The summed E-state index contributed by atoms with van der Waals surface area (Å²) < 4.78 is 17.9. The first kappa shape index (κ1) is 18.4. The second kappa shape index (κ2) is 7.30. The second-order valence-electron chi connectivity index (χ2n) is 7.19. The Balaban J connectivity index is 1.43. The Labute approximate surface area is 164 Å². The molecule has 0 spiro atoms. The van der Waals surface area contributed by atoms with Crippen LogP contribution < -0.4 is 5.32 Å². The number of anilines is 1. The number of nitrogens with zero attached hydrogens (tertiary/aromatic N) is 6. The molecule has 5 heterocycles. The minimum absolute atomic E-state index is 0.109. The molecule has 0 aliphatic carbocycles. The highest BCUT2D eigenvalue weighted by molar-refractivity contribution is 5.82. The van der Waals surface area contributed by atoms with Gasteiger partial charge in [0.05, 0.1) is 6.33 Å². The van der Waals surface area contributed by atoms with E-state index in [1.165, 1.54) is 12.7 Å². The van der Waals surface area contributed by atoms with Crippen LogP contribution in [0.1, 0.15) is 36.9 Å². The predicted molar refractivity (Wildman–Crippen MR) is 96.7 cm³/mol. The number of aliphatic hydroxyl groups is 2. The molecule has 2 aliphatic heterocycles. The average molecular weight is 403 g/mol. The highest BCUT2D eigenvalue weighted by Crippen LogP contribution is 2.39. The molecule has 0 radical (unpaired) electrons. The van der Waals surface area contributed by atoms with E-state index >= 15 is 0 Å². The van der Waals surface area contributed by atoms with Crippen LogP contribution in [0.15, 0.2) is 17.2 Å². The monoisotopic (exact) mass is 403 g/mol. The summed E-state index contributed by atoms with van der Waals surface area (Å²) in [5, 5.41) is 28.1. The summed E-state index contributed by atoms with van der Waals surface area (Å²) in [6.07, 6.45) is 0.372. The number of ether oxygens (including phenoxy) is 2. The van der Waals surface area contributed by atoms with Gasteiger partial charge in [-0.1, -0.05) is 5.16 Å². The van der Waals surface area contributed by atoms with Crippen LogP contribution >= 0.6 is 0 Å². The Kier molecular flexibility index (Phi) is 4.62. The lowest BCUT2D eigenvalue weighted by Gasteiger charge is -2.23. The number of aliphatic hydroxyl groups excluding tert-OH is 2. The fourth-order valence-electron chi connectivity index (χ4n) is 3.70. The first-order valence-electron chi connectivity index (χ1n) is 9.45. The van der Waals surface area contributed by atoms with Gasteiger partial charge in [0.1, 0.15) is 18.5 Å². The van der Waals surface area contributed by atoms with E-state index in [2.05, 4.69) is 30.4 Å². The van der Waals surface area contributed by atoms with Crippen LogP contribution in [0.2, 0.25) is 0 Å². The molecule has 3 aromatic heterocycles. The Morgan fingerprint density at radius 2 is 1.97 bits per heavy atom. The standard InChI is InChI=1S/C17H21N7O5/c1-8-21-16(29-23-8)13-11(25)12(26)17(28-13)24-7-20-10-14(18-6-19-15(10)24)22-9-2-4-27-5-3-9/h6-7,9,11-13,17,25-26H,2-5H2,1H3,(H,18,19,22)/t11-,12+,13-,17+/m0/s1. The van der Waals surface area contributed by atoms with Gasteiger partial charge in [0.15, 0.2) is 35.1 Å². The number of imidazole rings is 1. The van der Waals surface area contributed by atoms with E-state index in [4.69, 9.17) is 14.0 Å². The van der Waals surface area contributed by atoms with Crippen molar-refractivity contribution in [3.8, 4) is 0 Å². The van der Waals surface area contributed by atoms with Crippen LogP contribution in [0.25, 0.3) is 11.2 Å². The molecule has 0 saturated carbocycles. The van der Waals surface area contributed by atoms with E-state index in [1.54, 1.807) is 11.5 Å². The number of rotatable bonds is 4. The molecule has 0 aromatic carbocycles. The lowest BCUT2D eigenvalue weighted by Crippen LogP contribution is -2.29. The molecule has 5 rings (SSSR count). The van der Waals surface area contributed by atoms with Crippen molar-refractivity contribution in [3.05, 3.63) is 24.4 Å². The Hall–Kier alpha value is -2.67. The molecule has 0 bridgehead atoms. The smallest absolute Gasteiger partial charge is 0.258 e. The topological polar surface area (TPSA) is 153 Å². The molecule has 3 N–H and O–H groups in total. The summed E-state index contributed by atoms with van der Waals surface area (Å²) in [5.74, 6) is 1.13. The van der Waals surface area contributed by atoms with Gasteiger partial charge in [0, 0.05) is 19.3 Å². The zero-order chi connectivity index (χ0) is 20.0. The summed E-state index contributed by atoms with van der Waals surface area (Å²) >= 11 is 0. The number of fused-ring (bicyclic) bond motifs is 1. The highest BCUT2D eigenvalue weighted by Gasteiger charge is 2.47. The maximum absolute atomic E-state index is 10.6. The highest BCUT2D eigenvalue weighted by atomic mass is 16.6. The van der Waals surface area contributed by atoms with Gasteiger partial charge in [-0.3, -0.25) is 4.57 Å². The molecule has 12 heteroatoms. The quantitative estimate of drug-likeness (QED) is 0.543. The van der Waals surface area contributed by atoms with Crippen LogP contribution in [-0.4, -0.2) is 71.3 Å². The number of nitrogens with one attached hydrogen (secondary N) is 1. The summed E-state index contributed by atoms with van der Waals surface area (Å²) in [6, 6.07) is 0.243. The molecule has 0 amide bonds. The number of aryl methyl sites for hydroxylation is 1. The zero-order valence-electron chi connectivity index (χ0n) is 15.7. The number of hydrogen-bond acceptors (Lipinski definition) is 11. The van der Waals surface area contributed by atoms with Crippen molar-refractivity contribution >= 4 is 17.0 Å². The molecular formula is C17H21N7O5. The van der Waals surface area contributed by atoms with Crippen LogP contribution in [-0.2, 0) is 9.47 Å². The molecular weight excluding hydrogens is 382 g/mol. The summed E-state index contributed by atoms with van der Waals surface area (Å²) in [7, 11) is 0. The maximum atomic E-state index is 10.6. The van der Waals surface area contributed by atoms with Crippen molar-refractivity contribution in [2.75, 3.05) is 18.5 Å². The molecule has 2 saturated heterocycles. The van der Waals surface area contributed by atoms with Crippen LogP contribution in [0.3, 0.4) is 0 Å². The third-order valence-electron chi connectivity index (χ3n) is 5.22. The van der Waals surface area contributed by atoms with Gasteiger partial charge in [0.25, 0.3) is 5.89 Å². The van der Waals surface area contributed by atoms with Gasteiger partial charge in [-0.25, -0.2) is 15.0 Å². The van der Waals surface area contributed by atoms with Gasteiger partial charge in [0.2, 0.25) is 0 Å². The Bertz CT molecular complexity index is 1000. The molecule has 4 atom stereocenters. The lowest BCUT2D eigenvalue weighted by atomic mass is 10.1. The number of hydrogen-bond donors (Lipinski definition) is 3. The van der Waals surface area contributed by atoms with E-state index in [-0.39, 0.29) is 11.9 Å². The fraction of sp³-hybridized carbons (Fsp3) is 0.588. The molecule has 12 nitrogen and oxygen atoms in total. The van der Waals surface area contributed by atoms with Crippen molar-refractivity contribution in [2.24, 2.45) is 0 Å². The molecule has 2 aliphatic rings. The summed E-state index contributed by atoms with van der Waals surface area (Å²) in [5.41, 5.74) is 1.04. The van der Waals surface area contributed by atoms with Crippen LogP contribution in [0.5, 0.6) is 0 Å². The summed E-state index contributed by atoms with van der Waals surface area (Å²) in [6.45, 7) is 3.07. The normalized spacial score (nSPS) is 28.2. The van der Waals surface area contributed by atoms with E-state index in [0.29, 0.717) is 36.0 Å². The van der Waals surface area contributed by atoms with Crippen LogP contribution in [0.4, 0.5) is 5.82 Å². The SMILES string of the molecule is Cc1noc([C@H]2O[C@@H](n3cnc4c(NC5CCOCC5)ncnc43)[C@H](O)[C@@H]2O)n1. The minimum atomic E-state index is -1.24. The van der Waals surface area contributed by atoms with Crippen molar-refractivity contribution in [1.29, 1.82) is 0 Å². The molecule has 2 fully saturated rings. The first-order chi connectivity index (χ1) is 14.1. The third kappa shape index (κ3) is 3.23. The Morgan fingerprint density at radius 1 is 1.14 bits per heavy atom. The molecule has 3 aromatic rings. The van der Waals surface area contributed by atoms with E-state index < -0.39 is 24.5 Å². The molecule has 154 valence electrons. The van der Waals surface area contributed by atoms with Crippen molar-refractivity contribution in [1.82, 2.24) is 29.7 Å². The van der Waals surface area contributed by atoms with Crippen LogP contribution in [0, 0.1) is 6.92 Å². The van der Waals surface area contributed by atoms with Crippen molar-refractivity contribution in [3.63, 3.8) is 0 Å². The second-order valence-corrected chi connectivity index (χ2v) is 7.19.